The van der Waals surface area contributed by atoms with Gasteiger partial charge in [0.2, 0.25) is 5.91 Å². The number of amides is 1. The van der Waals surface area contributed by atoms with E-state index in [1.807, 2.05) is 4.90 Å². The first-order valence-electron chi connectivity index (χ1n) is 7.00. The van der Waals surface area contributed by atoms with Gasteiger partial charge in [0.1, 0.15) is 0 Å². The number of carbonyl (C=O) groups is 1. The van der Waals surface area contributed by atoms with Gasteiger partial charge in [-0.2, -0.15) is 0 Å². The molecule has 0 radical (unpaired) electrons. The van der Waals surface area contributed by atoms with Gasteiger partial charge in [-0.3, -0.25) is 4.79 Å². The molecule has 0 aromatic rings. The first-order chi connectivity index (χ1) is 7.99. The van der Waals surface area contributed by atoms with E-state index in [1.54, 1.807) is 0 Å². The lowest BCUT2D eigenvalue weighted by atomic mass is 10.0. The van der Waals surface area contributed by atoms with Gasteiger partial charge in [0.05, 0.1) is 0 Å². The van der Waals surface area contributed by atoms with Crippen molar-refractivity contribution in [3.8, 4) is 0 Å². The van der Waals surface area contributed by atoms with E-state index >= 15 is 0 Å². The van der Waals surface area contributed by atoms with Crippen molar-refractivity contribution >= 4 is 5.91 Å². The van der Waals surface area contributed by atoms with Crippen LogP contribution in [0.1, 0.15) is 47.0 Å². The average Bonchev–Trinajstić information content (AvgIpc) is 2.26. The fourth-order valence-electron chi connectivity index (χ4n) is 2.25. The molecule has 0 aliphatic carbocycles. The van der Waals surface area contributed by atoms with E-state index in [4.69, 9.17) is 0 Å². The van der Waals surface area contributed by atoms with Gasteiger partial charge in [0, 0.05) is 25.6 Å². The van der Waals surface area contributed by atoms with E-state index in [1.165, 1.54) is 6.42 Å². The predicted octanol–water partition coefficient (Wildman–Crippen LogP) is 2.27. The molecule has 1 atom stereocenters. The molecule has 1 saturated heterocycles. The van der Waals surface area contributed by atoms with Crippen molar-refractivity contribution in [1.29, 1.82) is 0 Å². The van der Waals surface area contributed by atoms with Crippen LogP contribution >= 0.6 is 0 Å². The number of carbonyl (C=O) groups excluding carboxylic acids is 1. The molecular weight excluding hydrogens is 212 g/mol. The Morgan fingerprint density at radius 3 is 2.59 bits per heavy atom. The van der Waals surface area contributed by atoms with Crippen LogP contribution in [0.2, 0.25) is 0 Å². The third-order valence-corrected chi connectivity index (χ3v) is 3.17. The van der Waals surface area contributed by atoms with Crippen LogP contribution in [0.5, 0.6) is 0 Å². The topological polar surface area (TPSA) is 32.3 Å². The second-order valence-electron chi connectivity index (χ2n) is 6.08. The molecule has 1 unspecified atom stereocenters. The molecule has 100 valence electrons. The van der Waals surface area contributed by atoms with Crippen molar-refractivity contribution in [3.63, 3.8) is 0 Å². The number of likely N-dealkylation sites (tertiary alicyclic amines) is 1. The highest BCUT2D eigenvalue weighted by atomic mass is 16.2. The highest BCUT2D eigenvalue weighted by Crippen LogP contribution is 2.13. The summed E-state index contributed by atoms with van der Waals surface area (Å²) >= 11 is 0. The lowest BCUT2D eigenvalue weighted by Crippen LogP contribution is -2.48. The molecule has 3 heteroatoms. The SMILES string of the molecule is CC(C)CNC1CCCN(C(=O)CC(C)C)C1. The van der Waals surface area contributed by atoms with E-state index in [0.717, 1.165) is 26.1 Å². The maximum absolute atomic E-state index is 12.0. The van der Waals surface area contributed by atoms with Crippen molar-refractivity contribution in [1.82, 2.24) is 10.2 Å². The zero-order valence-corrected chi connectivity index (χ0v) is 11.8. The van der Waals surface area contributed by atoms with Gasteiger partial charge in [-0.1, -0.05) is 27.7 Å². The minimum atomic E-state index is 0.330. The molecule has 3 nitrogen and oxygen atoms in total. The van der Waals surface area contributed by atoms with E-state index in [0.29, 0.717) is 30.2 Å². The number of nitrogens with zero attached hydrogens (tertiary/aromatic N) is 1. The fourth-order valence-corrected chi connectivity index (χ4v) is 2.25. The summed E-state index contributed by atoms with van der Waals surface area (Å²) in [6.45, 7) is 11.6. The van der Waals surface area contributed by atoms with Crippen LogP contribution < -0.4 is 5.32 Å². The first kappa shape index (κ1) is 14.5. The maximum atomic E-state index is 12.0. The van der Waals surface area contributed by atoms with Crippen LogP contribution in [-0.4, -0.2) is 36.5 Å². The maximum Gasteiger partial charge on any atom is 0.222 e. The lowest BCUT2D eigenvalue weighted by molar-refractivity contribution is -0.133. The molecule has 0 aromatic carbocycles. The summed E-state index contributed by atoms with van der Waals surface area (Å²) in [7, 11) is 0. The Morgan fingerprint density at radius 2 is 2.00 bits per heavy atom. The first-order valence-corrected chi connectivity index (χ1v) is 7.00. The van der Waals surface area contributed by atoms with Crippen LogP contribution in [0.25, 0.3) is 0 Å². The van der Waals surface area contributed by atoms with Crippen molar-refractivity contribution < 1.29 is 4.79 Å². The molecule has 1 fully saturated rings. The van der Waals surface area contributed by atoms with E-state index < -0.39 is 0 Å². The molecule has 0 bridgehead atoms. The number of piperidine rings is 1. The second kappa shape index (κ2) is 7.00. The van der Waals surface area contributed by atoms with Crippen LogP contribution in [0.3, 0.4) is 0 Å². The summed E-state index contributed by atoms with van der Waals surface area (Å²) in [6.07, 6.45) is 3.04. The van der Waals surface area contributed by atoms with Gasteiger partial charge in [-0.05, 0) is 31.2 Å². The zero-order chi connectivity index (χ0) is 12.8. The molecule has 17 heavy (non-hydrogen) atoms. The monoisotopic (exact) mass is 240 g/mol. The number of hydrogen-bond donors (Lipinski definition) is 1. The van der Waals surface area contributed by atoms with Crippen molar-refractivity contribution in [2.45, 2.75) is 53.0 Å². The van der Waals surface area contributed by atoms with E-state index in [2.05, 4.69) is 33.0 Å². The Bertz CT molecular complexity index is 238. The Hall–Kier alpha value is -0.570. The normalized spacial score (nSPS) is 21.3. The Labute approximate surface area is 106 Å². The highest BCUT2D eigenvalue weighted by Gasteiger charge is 2.23. The van der Waals surface area contributed by atoms with E-state index in [9.17, 15) is 4.79 Å². The molecule has 1 aliphatic rings. The summed E-state index contributed by atoms with van der Waals surface area (Å²) in [4.78, 5) is 14.0. The minimum Gasteiger partial charge on any atom is -0.341 e. The zero-order valence-electron chi connectivity index (χ0n) is 11.8. The quantitative estimate of drug-likeness (QED) is 0.799. The fraction of sp³-hybridized carbons (Fsp3) is 0.929. The smallest absolute Gasteiger partial charge is 0.222 e. The van der Waals surface area contributed by atoms with Crippen LogP contribution in [0.15, 0.2) is 0 Å². The number of rotatable bonds is 5. The summed E-state index contributed by atoms with van der Waals surface area (Å²) in [5.41, 5.74) is 0. The summed E-state index contributed by atoms with van der Waals surface area (Å²) in [6, 6.07) is 0.502. The van der Waals surface area contributed by atoms with Gasteiger partial charge in [0.25, 0.3) is 0 Å². The molecule has 1 rings (SSSR count). The van der Waals surface area contributed by atoms with Gasteiger partial charge in [-0.25, -0.2) is 0 Å². The Kier molecular flexibility index (Phi) is 5.96. The van der Waals surface area contributed by atoms with Crippen molar-refractivity contribution in [2.75, 3.05) is 19.6 Å². The summed E-state index contributed by atoms with van der Waals surface area (Å²) in [5, 5.41) is 3.57. The molecular formula is C14H28N2O. The summed E-state index contributed by atoms with van der Waals surface area (Å²) < 4.78 is 0. The van der Waals surface area contributed by atoms with Gasteiger partial charge in [-0.15, -0.1) is 0 Å². The van der Waals surface area contributed by atoms with Crippen molar-refractivity contribution in [3.05, 3.63) is 0 Å². The lowest BCUT2D eigenvalue weighted by Gasteiger charge is -2.34. The third-order valence-electron chi connectivity index (χ3n) is 3.17. The van der Waals surface area contributed by atoms with Crippen LogP contribution in [-0.2, 0) is 4.79 Å². The minimum absolute atomic E-state index is 0.330. The number of nitrogens with one attached hydrogen (secondary N) is 1. The molecule has 1 N–H and O–H groups in total. The molecule has 1 aliphatic heterocycles. The summed E-state index contributed by atoms with van der Waals surface area (Å²) in [5.74, 6) is 1.47. The molecule has 1 heterocycles. The largest absolute Gasteiger partial charge is 0.341 e. The Morgan fingerprint density at radius 1 is 1.29 bits per heavy atom. The van der Waals surface area contributed by atoms with Gasteiger partial charge < -0.3 is 10.2 Å². The Balaban J connectivity index is 2.35. The molecule has 1 amide bonds. The van der Waals surface area contributed by atoms with E-state index in [-0.39, 0.29) is 0 Å². The third kappa shape index (κ3) is 5.53. The van der Waals surface area contributed by atoms with Crippen LogP contribution in [0.4, 0.5) is 0 Å². The van der Waals surface area contributed by atoms with Gasteiger partial charge >= 0.3 is 0 Å². The van der Waals surface area contributed by atoms with Gasteiger partial charge in [0.15, 0.2) is 0 Å². The van der Waals surface area contributed by atoms with Crippen molar-refractivity contribution in [2.24, 2.45) is 11.8 Å². The molecule has 0 aromatic heterocycles. The predicted molar refractivity (Wildman–Crippen MR) is 71.9 cm³/mol. The van der Waals surface area contributed by atoms with Crippen LogP contribution in [0, 0.1) is 11.8 Å². The second-order valence-corrected chi connectivity index (χ2v) is 6.08. The number of hydrogen-bond acceptors (Lipinski definition) is 2. The molecule has 0 spiro atoms. The molecule has 0 saturated carbocycles. The standard InChI is InChI=1S/C14H28N2O/c1-11(2)8-14(17)16-7-5-6-13(10-16)15-9-12(3)4/h11-13,15H,5-10H2,1-4H3. The average molecular weight is 240 g/mol. The highest BCUT2D eigenvalue weighted by molar-refractivity contribution is 5.76.